The Morgan fingerprint density at radius 3 is 2.12 bits per heavy atom. The van der Waals surface area contributed by atoms with Crippen LogP contribution in [0.2, 0.25) is 5.02 Å². The molecule has 0 radical (unpaired) electrons. The number of rotatable bonds is 12. The summed E-state index contributed by atoms with van der Waals surface area (Å²) in [5, 5.41) is 11.6. The molecular formula is C16H25ClNO6P. The molecule has 2 atom stereocenters. The first kappa shape index (κ1) is 22.1. The van der Waals surface area contributed by atoms with Crippen LogP contribution in [0.25, 0.3) is 0 Å². The number of hydrogen-bond acceptors (Lipinski definition) is 6. The molecule has 0 saturated carbocycles. The van der Waals surface area contributed by atoms with Crippen molar-refractivity contribution in [2.45, 2.75) is 32.7 Å². The van der Waals surface area contributed by atoms with Crippen molar-refractivity contribution in [3.63, 3.8) is 0 Å². The topological polar surface area (TPSA) is 87.9 Å². The van der Waals surface area contributed by atoms with Gasteiger partial charge in [-0.25, -0.2) is 0 Å². The van der Waals surface area contributed by atoms with Gasteiger partial charge in [-0.15, -0.1) is 0 Å². The zero-order valence-electron chi connectivity index (χ0n) is 14.7. The van der Waals surface area contributed by atoms with Gasteiger partial charge in [0, 0.05) is 29.3 Å². The molecule has 0 aliphatic carbocycles. The average molecular weight is 394 g/mol. The van der Waals surface area contributed by atoms with Crippen molar-refractivity contribution >= 4 is 19.0 Å². The lowest BCUT2D eigenvalue weighted by molar-refractivity contribution is -0.482. The summed E-state index contributed by atoms with van der Waals surface area (Å²) in [5.74, 6) is -0.604. The lowest BCUT2D eigenvalue weighted by Gasteiger charge is -2.28. The predicted molar refractivity (Wildman–Crippen MR) is 97.2 cm³/mol. The minimum atomic E-state index is -3.43. The van der Waals surface area contributed by atoms with Crippen molar-refractivity contribution < 1.29 is 23.5 Å². The van der Waals surface area contributed by atoms with E-state index in [2.05, 4.69) is 0 Å². The molecule has 0 saturated heterocycles. The fourth-order valence-electron chi connectivity index (χ4n) is 2.47. The van der Waals surface area contributed by atoms with Gasteiger partial charge < -0.3 is 14.0 Å². The molecule has 0 aliphatic rings. The van der Waals surface area contributed by atoms with Crippen molar-refractivity contribution in [3.8, 4) is 0 Å². The Hall–Kier alpha value is -0.980. The highest BCUT2D eigenvalue weighted by Gasteiger charge is 2.40. The van der Waals surface area contributed by atoms with Gasteiger partial charge in [-0.1, -0.05) is 23.7 Å². The summed E-state index contributed by atoms with van der Waals surface area (Å²) in [5.41, 5.74) is 0.674. The first-order valence-electron chi connectivity index (χ1n) is 8.20. The summed E-state index contributed by atoms with van der Waals surface area (Å²) < 4.78 is 29.8. The van der Waals surface area contributed by atoms with E-state index in [0.29, 0.717) is 23.8 Å². The number of nitro groups is 1. The van der Waals surface area contributed by atoms with Crippen LogP contribution >= 0.6 is 19.0 Å². The highest BCUT2D eigenvalue weighted by Crippen LogP contribution is 2.55. The SMILES string of the molecule is CCOC(OCC)P(=O)(CC(C[N+](=O)[O-])c1ccc(Cl)cc1)OCC. The molecule has 1 aromatic rings. The molecule has 0 fully saturated rings. The van der Waals surface area contributed by atoms with Gasteiger partial charge in [0.15, 0.2) is 0 Å². The third-order valence-corrected chi connectivity index (χ3v) is 6.31. The summed E-state index contributed by atoms with van der Waals surface area (Å²) >= 11 is 5.88. The molecule has 142 valence electrons. The molecule has 0 heterocycles. The molecule has 0 amide bonds. The molecule has 2 unspecified atom stereocenters. The van der Waals surface area contributed by atoms with E-state index in [0.717, 1.165) is 0 Å². The summed E-state index contributed by atoms with van der Waals surface area (Å²) in [7, 11) is -3.43. The summed E-state index contributed by atoms with van der Waals surface area (Å²) in [6.07, 6.45) is -0.0475. The average Bonchev–Trinajstić information content (AvgIpc) is 2.54. The smallest absolute Gasteiger partial charge is 0.258 e. The van der Waals surface area contributed by atoms with Crippen LogP contribution in [0.5, 0.6) is 0 Å². The highest BCUT2D eigenvalue weighted by molar-refractivity contribution is 7.59. The van der Waals surface area contributed by atoms with Gasteiger partial charge in [0.2, 0.25) is 12.6 Å². The first-order valence-corrected chi connectivity index (χ1v) is 10.5. The van der Waals surface area contributed by atoms with Crippen LogP contribution in [0.4, 0.5) is 0 Å². The molecule has 1 aromatic carbocycles. The number of halogens is 1. The lowest BCUT2D eigenvalue weighted by atomic mass is 10.0. The maximum atomic E-state index is 13.4. The van der Waals surface area contributed by atoms with E-state index in [9.17, 15) is 14.7 Å². The van der Waals surface area contributed by atoms with Gasteiger partial charge in [-0.2, -0.15) is 0 Å². The Morgan fingerprint density at radius 1 is 1.12 bits per heavy atom. The fraction of sp³-hybridized carbons (Fsp3) is 0.625. The summed E-state index contributed by atoms with van der Waals surface area (Å²) in [6, 6.07) is 5.66. The molecule has 7 nitrogen and oxygen atoms in total. The minimum Gasteiger partial charge on any atom is -0.345 e. The van der Waals surface area contributed by atoms with Gasteiger partial charge in [-0.3, -0.25) is 14.7 Å². The molecular weight excluding hydrogens is 369 g/mol. The summed E-state index contributed by atoms with van der Waals surface area (Å²) in [6.45, 7) is 5.65. The molecule has 0 N–H and O–H groups in total. The van der Waals surface area contributed by atoms with E-state index in [1.165, 1.54) is 0 Å². The van der Waals surface area contributed by atoms with E-state index in [1.54, 1.807) is 45.0 Å². The van der Waals surface area contributed by atoms with E-state index in [1.807, 2.05) is 0 Å². The molecule has 0 aromatic heterocycles. The van der Waals surface area contributed by atoms with Gasteiger partial charge in [0.1, 0.15) is 0 Å². The fourth-order valence-corrected chi connectivity index (χ4v) is 5.12. The van der Waals surface area contributed by atoms with Crippen LogP contribution in [-0.2, 0) is 18.6 Å². The van der Waals surface area contributed by atoms with Gasteiger partial charge in [-0.05, 0) is 38.5 Å². The monoisotopic (exact) mass is 393 g/mol. The largest absolute Gasteiger partial charge is 0.345 e. The Morgan fingerprint density at radius 2 is 1.68 bits per heavy atom. The van der Waals surface area contributed by atoms with Crippen molar-refractivity contribution in [3.05, 3.63) is 45.0 Å². The number of hydrogen-bond donors (Lipinski definition) is 0. The van der Waals surface area contributed by atoms with Crippen molar-refractivity contribution in [1.29, 1.82) is 0 Å². The molecule has 1 rings (SSSR count). The van der Waals surface area contributed by atoms with Crippen LogP contribution in [0.3, 0.4) is 0 Å². The number of benzene rings is 1. The Bertz CT molecular complexity index is 576. The molecule has 0 spiro atoms. The second-order valence-electron chi connectivity index (χ2n) is 5.31. The Kier molecular flexibility index (Phi) is 9.61. The van der Waals surface area contributed by atoms with Crippen LogP contribution in [0.1, 0.15) is 32.3 Å². The van der Waals surface area contributed by atoms with Crippen LogP contribution in [0, 0.1) is 10.1 Å². The van der Waals surface area contributed by atoms with Crippen molar-refractivity contribution in [2.75, 3.05) is 32.5 Å². The molecule has 9 heteroatoms. The predicted octanol–water partition coefficient (Wildman–Crippen LogP) is 4.37. The standard InChI is InChI=1S/C16H25ClNO6P/c1-4-22-16(23-5-2)25(21,24-6-3)12-14(11-18(19)20)13-7-9-15(17)10-8-13/h7-10,14,16H,4-6,11-12H2,1-3H3. The third kappa shape index (κ3) is 7.04. The number of ether oxygens (including phenoxy) is 2. The second kappa shape index (κ2) is 10.9. The molecule has 25 heavy (non-hydrogen) atoms. The summed E-state index contributed by atoms with van der Waals surface area (Å²) in [4.78, 5) is 10.7. The van der Waals surface area contributed by atoms with E-state index in [-0.39, 0.29) is 19.3 Å². The van der Waals surface area contributed by atoms with Crippen LogP contribution in [0.15, 0.2) is 24.3 Å². The number of nitrogens with zero attached hydrogens (tertiary/aromatic N) is 1. The Labute approximate surface area is 153 Å². The maximum Gasteiger partial charge on any atom is 0.258 e. The Balaban J connectivity index is 3.15. The highest BCUT2D eigenvalue weighted by atomic mass is 35.5. The van der Waals surface area contributed by atoms with Crippen molar-refractivity contribution in [1.82, 2.24) is 0 Å². The maximum absolute atomic E-state index is 13.4. The van der Waals surface area contributed by atoms with Crippen LogP contribution < -0.4 is 0 Å². The van der Waals surface area contributed by atoms with E-state index < -0.39 is 24.2 Å². The molecule has 0 aliphatic heterocycles. The minimum absolute atomic E-state index is 0.0475. The van der Waals surface area contributed by atoms with Gasteiger partial charge in [0.05, 0.1) is 12.5 Å². The molecule has 0 bridgehead atoms. The second-order valence-corrected chi connectivity index (χ2v) is 8.24. The quantitative estimate of drug-likeness (QED) is 0.227. The van der Waals surface area contributed by atoms with Gasteiger partial charge in [0.25, 0.3) is 7.37 Å². The van der Waals surface area contributed by atoms with E-state index in [4.69, 9.17) is 25.6 Å². The third-order valence-electron chi connectivity index (χ3n) is 3.47. The zero-order chi connectivity index (χ0) is 18.9. The van der Waals surface area contributed by atoms with Crippen molar-refractivity contribution in [2.24, 2.45) is 0 Å². The van der Waals surface area contributed by atoms with E-state index >= 15 is 0 Å². The van der Waals surface area contributed by atoms with Gasteiger partial charge >= 0.3 is 0 Å². The zero-order valence-corrected chi connectivity index (χ0v) is 16.4. The normalized spacial score (nSPS) is 15.1. The van der Waals surface area contributed by atoms with Crippen LogP contribution in [-0.4, -0.2) is 43.5 Å². The first-order chi connectivity index (χ1) is 11.9. The lowest BCUT2D eigenvalue weighted by Crippen LogP contribution is -2.25.